The third-order valence-corrected chi connectivity index (χ3v) is 10.2. The molecule has 0 aliphatic heterocycles. The minimum atomic E-state index is -0.558. The summed E-state index contributed by atoms with van der Waals surface area (Å²) in [6.07, 6.45) is 62.1. The maximum absolute atomic E-state index is 12.6. The highest BCUT2D eigenvalue weighted by molar-refractivity contribution is 5.70. The Balaban J connectivity index is 4.22. The van der Waals surface area contributed by atoms with Crippen LogP contribution in [0.15, 0.2) is 72.9 Å². The maximum atomic E-state index is 12.6. The van der Waals surface area contributed by atoms with Crippen LogP contribution in [-0.2, 0) is 23.8 Å². The molecule has 0 radical (unpaired) electrons. The third kappa shape index (κ3) is 46.0. The van der Waals surface area contributed by atoms with E-state index in [0.717, 1.165) is 77.0 Å². The molecule has 0 saturated carbocycles. The molecule has 0 aliphatic rings. The summed E-state index contributed by atoms with van der Waals surface area (Å²) in [6, 6.07) is 0. The van der Waals surface area contributed by atoms with Gasteiger partial charge in [-0.25, -0.2) is 0 Å². The molecule has 5 heteroatoms. The van der Waals surface area contributed by atoms with Crippen LogP contribution in [0.25, 0.3) is 0 Å². The van der Waals surface area contributed by atoms with Crippen molar-refractivity contribution in [3.63, 3.8) is 0 Å². The highest BCUT2D eigenvalue weighted by atomic mass is 16.6. The number of esters is 2. The van der Waals surface area contributed by atoms with Gasteiger partial charge in [0.2, 0.25) is 0 Å². The zero-order chi connectivity index (χ0) is 42.1. The van der Waals surface area contributed by atoms with Crippen LogP contribution >= 0.6 is 0 Å². The number of allylic oxidation sites excluding steroid dienone is 12. The van der Waals surface area contributed by atoms with Crippen molar-refractivity contribution in [1.29, 1.82) is 0 Å². The van der Waals surface area contributed by atoms with Crippen LogP contribution in [0, 0.1) is 0 Å². The second-order valence-corrected chi connectivity index (χ2v) is 16.0. The first-order valence-electron chi connectivity index (χ1n) is 24.5. The number of carbonyl (C=O) groups excluding carboxylic acids is 2. The van der Waals surface area contributed by atoms with Crippen molar-refractivity contribution in [3.05, 3.63) is 72.9 Å². The topological polar surface area (TPSA) is 61.8 Å². The quantitative estimate of drug-likeness (QED) is 0.0348. The molecule has 0 N–H and O–H groups in total. The first kappa shape index (κ1) is 55.3. The maximum Gasteiger partial charge on any atom is 0.306 e. The van der Waals surface area contributed by atoms with E-state index in [1.54, 1.807) is 0 Å². The van der Waals surface area contributed by atoms with E-state index in [1.807, 2.05) is 0 Å². The highest BCUT2D eigenvalue weighted by Crippen LogP contribution is 2.13. The second kappa shape index (κ2) is 48.7. The van der Waals surface area contributed by atoms with E-state index < -0.39 is 6.10 Å². The molecule has 0 bridgehead atoms. The van der Waals surface area contributed by atoms with Crippen LogP contribution in [0.3, 0.4) is 0 Å². The molecule has 0 rings (SSSR count). The van der Waals surface area contributed by atoms with Gasteiger partial charge >= 0.3 is 11.9 Å². The largest absolute Gasteiger partial charge is 0.462 e. The lowest BCUT2D eigenvalue weighted by molar-refractivity contribution is -0.163. The Morgan fingerprint density at radius 1 is 0.397 bits per heavy atom. The molecule has 1 unspecified atom stereocenters. The predicted octanol–water partition coefficient (Wildman–Crippen LogP) is 16.3. The van der Waals surface area contributed by atoms with Crippen LogP contribution < -0.4 is 0 Å². The summed E-state index contributed by atoms with van der Waals surface area (Å²) in [4.78, 5) is 25.2. The van der Waals surface area contributed by atoms with Crippen LogP contribution in [0.5, 0.6) is 0 Å². The van der Waals surface area contributed by atoms with Gasteiger partial charge in [0.15, 0.2) is 6.10 Å². The van der Waals surface area contributed by atoms with Gasteiger partial charge in [0.05, 0.1) is 6.61 Å². The molecular weight excluding hydrogens is 717 g/mol. The molecule has 0 amide bonds. The molecule has 0 heterocycles. The fourth-order valence-corrected chi connectivity index (χ4v) is 6.60. The van der Waals surface area contributed by atoms with Crippen molar-refractivity contribution >= 4 is 11.9 Å². The van der Waals surface area contributed by atoms with E-state index in [2.05, 4.69) is 93.7 Å². The van der Waals surface area contributed by atoms with Gasteiger partial charge in [0.25, 0.3) is 0 Å². The number of unbranched alkanes of at least 4 members (excludes halogenated alkanes) is 21. The Kier molecular flexibility index (Phi) is 46.5. The molecule has 0 aliphatic carbocycles. The Morgan fingerprint density at radius 3 is 1.31 bits per heavy atom. The molecular formula is C53H92O5. The lowest BCUT2D eigenvalue weighted by Gasteiger charge is -2.18. The van der Waals surface area contributed by atoms with Crippen molar-refractivity contribution in [2.24, 2.45) is 0 Å². The molecule has 5 nitrogen and oxygen atoms in total. The van der Waals surface area contributed by atoms with Gasteiger partial charge in [0, 0.05) is 19.4 Å². The third-order valence-electron chi connectivity index (χ3n) is 10.2. The summed E-state index contributed by atoms with van der Waals surface area (Å²) in [5.41, 5.74) is 0. The van der Waals surface area contributed by atoms with E-state index in [0.29, 0.717) is 19.4 Å². The number of hydrogen-bond donors (Lipinski definition) is 0. The zero-order valence-corrected chi connectivity index (χ0v) is 38.3. The van der Waals surface area contributed by atoms with Gasteiger partial charge in [-0.3, -0.25) is 9.59 Å². The highest BCUT2D eigenvalue weighted by Gasteiger charge is 2.17. The standard InChI is InChI=1S/C53H92O5/c1-4-7-10-13-16-18-20-22-24-26-28-30-32-34-36-39-42-45-48-56-49-51(58-53(55)47-44-41-37-15-12-9-6-3)50-57-52(54)46-43-40-38-35-33-31-29-27-25-23-21-19-17-14-11-8-5-2/h8,11,17,19,22-25,29,31,35,38,51H,4-7,9-10,12-16,18,20-21,26-28,30,32-34,36-37,39-50H2,1-3H3/b11-8-,19-17-,24-22-,25-23-,31-29-,38-35-. The molecule has 0 aromatic heterocycles. The Bertz CT molecular complexity index is 1050. The minimum Gasteiger partial charge on any atom is -0.462 e. The first-order chi connectivity index (χ1) is 28.6. The van der Waals surface area contributed by atoms with Crippen molar-refractivity contribution in [2.75, 3.05) is 19.8 Å². The summed E-state index contributed by atoms with van der Waals surface area (Å²) < 4.78 is 17.3. The van der Waals surface area contributed by atoms with Crippen LogP contribution in [0.4, 0.5) is 0 Å². The van der Waals surface area contributed by atoms with Gasteiger partial charge in [-0.15, -0.1) is 0 Å². The van der Waals surface area contributed by atoms with Crippen molar-refractivity contribution in [3.8, 4) is 0 Å². The van der Waals surface area contributed by atoms with Gasteiger partial charge in [-0.05, 0) is 83.5 Å². The minimum absolute atomic E-state index is 0.0537. The number of carbonyl (C=O) groups is 2. The SMILES string of the molecule is CC/C=C\C/C=C\C/C=C\C/C=C\C/C=C\CCCC(=O)OCC(COCCCCCCCCCC/C=C\CCCCCCCC)OC(=O)CCCCCCCCC. The lowest BCUT2D eigenvalue weighted by atomic mass is 10.1. The summed E-state index contributed by atoms with van der Waals surface area (Å²) >= 11 is 0. The van der Waals surface area contributed by atoms with E-state index >= 15 is 0 Å². The average Bonchev–Trinajstić information content (AvgIpc) is 3.22. The summed E-state index contributed by atoms with van der Waals surface area (Å²) in [5, 5.41) is 0. The molecule has 0 aromatic rings. The monoisotopic (exact) mass is 809 g/mol. The fourth-order valence-electron chi connectivity index (χ4n) is 6.60. The van der Waals surface area contributed by atoms with E-state index in [-0.39, 0.29) is 25.2 Å². The Morgan fingerprint density at radius 2 is 0.793 bits per heavy atom. The fraction of sp³-hybridized carbons (Fsp3) is 0.736. The van der Waals surface area contributed by atoms with E-state index in [4.69, 9.17) is 14.2 Å². The van der Waals surface area contributed by atoms with Crippen LogP contribution in [0.1, 0.15) is 226 Å². The Labute approximate surface area is 359 Å². The zero-order valence-electron chi connectivity index (χ0n) is 38.3. The number of ether oxygens (including phenoxy) is 3. The second-order valence-electron chi connectivity index (χ2n) is 16.0. The molecule has 58 heavy (non-hydrogen) atoms. The van der Waals surface area contributed by atoms with Gasteiger partial charge in [0.1, 0.15) is 6.61 Å². The van der Waals surface area contributed by atoms with Gasteiger partial charge < -0.3 is 14.2 Å². The number of hydrogen-bond acceptors (Lipinski definition) is 5. The smallest absolute Gasteiger partial charge is 0.306 e. The number of rotatable bonds is 44. The van der Waals surface area contributed by atoms with Crippen molar-refractivity contribution in [1.82, 2.24) is 0 Å². The molecule has 0 aromatic carbocycles. The molecule has 1 atom stereocenters. The summed E-state index contributed by atoms with van der Waals surface area (Å²) in [6.45, 7) is 7.61. The average molecular weight is 809 g/mol. The van der Waals surface area contributed by atoms with Crippen LogP contribution in [0.2, 0.25) is 0 Å². The van der Waals surface area contributed by atoms with Gasteiger partial charge in [-0.1, -0.05) is 203 Å². The predicted molar refractivity (Wildman–Crippen MR) is 251 cm³/mol. The molecule has 0 saturated heterocycles. The molecule has 0 spiro atoms. The summed E-state index contributed by atoms with van der Waals surface area (Å²) in [7, 11) is 0. The van der Waals surface area contributed by atoms with Gasteiger partial charge in [-0.2, -0.15) is 0 Å². The molecule has 0 fully saturated rings. The Hall–Kier alpha value is -2.66. The van der Waals surface area contributed by atoms with Crippen molar-refractivity contribution < 1.29 is 23.8 Å². The lowest BCUT2D eigenvalue weighted by Crippen LogP contribution is -2.30. The van der Waals surface area contributed by atoms with E-state index in [9.17, 15) is 9.59 Å². The van der Waals surface area contributed by atoms with E-state index in [1.165, 1.54) is 116 Å². The van der Waals surface area contributed by atoms with Crippen molar-refractivity contribution in [2.45, 2.75) is 232 Å². The normalized spacial score (nSPS) is 12.8. The van der Waals surface area contributed by atoms with Crippen LogP contribution in [-0.4, -0.2) is 37.9 Å². The molecule has 334 valence electrons. The first-order valence-corrected chi connectivity index (χ1v) is 24.5. The summed E-state index contributed by atoms with van der Waals surface area (Å²) in [5.74, 6) is -0.471.